The zero-order valence-corrected chi connectivity index (χ0v) is 10.1. The smallest absolute Gasteiger partial charge is 0.238 e. The lowest BCUT2D eigenvalue weighted by atomic mass is 9.94. The van der Waals surface area contributed by atoms with Gasteiger partial charge in [0.05, 0.1) is 6.04 Å². The number of hydrogen-bond acceptors (Lipinski definition) is 3. The Morgan fingerprint density at radius 3 is 3.00 bits per heavy atom. The molecule has 1 amide bonds. The third kappa shape index (κ3) is 3.51. The fraction of sp³-hybridized carbons (Fsp3) is 0.750. The number of carbonyl (C=O) groups excluding carboxylic acids is 1. The van der Waals surface area contributed by atoms with Gasteiger partial charge in [-0.2, -0.15) is 0 Å². The number of piperidine rings is 1. The van der Waals surface area contributed by atoms with E-state index in [2.05, 4.69) is 30.1 Å². The van der Waals surface area contributed by atoms with Crippen LogP contribution < -0.4 is 11.1 Å². The Morgan fingerprint density at radius 2 is 2.44 bits per heavy atom. The van der Waals surface area contributed by atoms with Crippen molar-refractivity contribution in [3.63, 3.8) is 0 Å². The summed E-state index contributed by atoms with van der Waals surface area (Å²) in [5, 5.41) is 2.99. The molecule has 1 rings (SSSR count). The van der Waals surface area contributed by atoms with Crippen molar-refractivity contribution in [2.75, 3.05) is 20.1 Å². The van der Waals surface area contributed by atoms with Crippen molar-refractivity contribution in [2.24, 2.45) is 11.7 Å². The minimum absolute atomic E-state index is 0.126. The van der Waals surface area contributed by atoms with Gasteiger partial charge in [0.15, 0.2) is 0 Å². The summed E-state index contributed by atoms with van der Waals surface area (Å²) in [5.74, 6) is 2.74. The predicted octanol–water partition coefficient (Wildman–Crippen LogP) is -0.207. The number of carbonyl (C=O) groups is 1. The van der Waals surface area contributed by atoms with E-state index in [1.165, 1.54) is 0 Å². The molecule has 0 saturated carbocycles. The first kappa shape index (κ1) is 13.0. The molecule has 0 aromatic carbocycles. The van der Waals surface area contributed by atoms with Crippen molar-refractivity contribution in [1.29, 1.82) is 0 Å². The summed E-state index contributed by atoms with van der Waals surface area (Å²) >= 11 is 0. The van der Waals surface area contributed by atoms with Gasteiger partial charge in [0.25, 0.3) is 0 Å². The summed E-state index contributed by atoms with van der Waals surface area (Å²) in [6, 6.07) is -0.343. The van der Waals surface area contributed by atoms with Gasteiger partial charge in [0.1, 0.15) is 0 Å². The van der Waals surface area contributed by atoms with Crippen LogP contribution in [-0.4, -0.2) is 43.0 Å². The van der Waals surface area contributed by atoms with Crippen LogP contribution >= 0.6 is 0 Å². The summed E-state index contributed by atoms with van der Waals surface area (Å²) in [5.41, 5.74) is 5.65. The van der Waals surface area contributed by atoms with Crippen molar-refractivity contribution in [2.45, 2.75) is 31.8 Å². The molecule has 3 atom stereocenters. The van der Waals surface area contributed by atoms with Crippen LogP contribution in [-0.2, 0) is 4.79 Å². The Hall–Kier alpha value is -1.05. The third-order valence-corrected chi connectivity index (χ3v) is 3.11. The van der Waals surface area contributed by atoms with Crippen molar-refractivity contribution in [3.8, 4) is 12.3 Å². The first-order valence-electron chi connectivity index (χ1n) is 5.72. The maximum Gasteiger partial charge on any atom is 0.238 e. The zero-order chi connectivity index (χ0) is 12.1. The minimum atomic E-state index is -0.572. The average molecular weight is 223 g/mol. The lowest BCUT2D eigenvalue weighted by Crippen LogP contribution is -2.52. The van der Waals surface area contributed by atoms with Gasteiger partial charge < -0.3 is 16.0 Å². The molecule has 1 saturated heterocycles. The molecular formula is C12H21N3O. The summed E-state index contributed by atoms with van der Waals surface area (Å²) in [6.45, 7) is 4.17. The lowest BCUT2D eigenvalue weighted by molar-refractivity contribution is -0.123. The number of likely N-dealkylation sites (tertiary alicyclic amines) is 1. The van der Waals surface area contributed by atoms with Crippen LogP contribution in [0.5, 0.6) is 0 Å². The van der Waals surface area contributed by atoms with Gasteiger partial charge in [-0.3, -0.25) is 4.79 Å². The van der Waals surface area contributed by atoms with Crippen molar-refractivity contribution in [1.82, 2.24) is 10.2 Å². The second kappa shape index (κ2) is 5.88. The number of nitrogens with two attached hydrogens (primary N) is 1. The van der Waals surface area contributed by atoms with Crippen molar-refractivity contribution in [3.05, 3.63) is 0 Å². The number of terminal acetylenes is 1. The third-order valence-electron chi connectivity index (χ3n) is 3.11. The molecule has 3 unspecified atom stereocenters. The summed E-state index contributed by atoms with van der Waals surface area (Å²) in [6.07, 6.45) is 6.41. The van der Waals surface area contributed by atoms with Crippen molar-refractivity contribution < 1.29 is 4.79 Å². The molecule has 0 aromatic rings. The van der Waals surface area contributed by atoms with Crippen LogP contribution in [0, 0.1) is 18.3 Å². The molecule has 90 valence electrons. The van der Waals surface area contributed by atoms with Crippen LogP contribution in [0.2, 0.25) is 0 Å². The number of nitrogens with one attached hydrogen (secondary N) is 1. The van der Waals surface area contributed by atoms with Gasteiger partial charge in [-0.25, -0.2) is 0 Å². The Balaban J connectivity index is 2.42. The zero-order valence-electron chi connectivity index (χ0n) is 10.1. The molecule has 0 aliphatic carbocycles. The molecule has 3 N–H and O–H groups in total. The highest BCUT2D eigenvalue weighted by molar-refractivity contribution is 5.82. The number of amides is 1. The molecular weight excluding hydrogens is 202 g/mol. The maximum atomic E-state index is 11.7. The Labute approximate surface area is 97.6 Å². The van der Waals surface area contributed by atoms with E-state index in [1.54, 1.807) is 0 Å². The standard InChI is InChI=1S/C12H21N3O/c1-4-5-10(13)12(16)14-11-6-7-15(3)8-9(11)2/h1,9-11H,5-8,13H2,2-3H3,(H,14,16). The van der Waals surface area contributed by atoms with Crippen LogP contribution in [0.3, 0.4) is 0 Å². The number of rotatable bonds is 3. The quantitative estimate of drug-likeness (QED) is 0.651. The largest absolute Gasteiger partial charge is 0.352 e. The molecule has 0 aromatic heterocycles. The topological polar surface area (TPSA) is 58.4 Å². The van der Waals surface area contributed by atoms with E-state index < -0.39 is 6.04 Å². The van der Waals surface area contributed by atoms with Crippen molar-refractivity contribution >= 4 is 5.91 Å². The van der Waals surface area contributed by atoms with Crippen LogP contribution in [0.25, 0.3) is 0 Å². The predicted molar refractivity (Wildman–Crippen MR) is 64.6 cm³/mol. The minimum Gasteiger partial charge on any atom is -0.352 e. The molecule has 0 bridgehead atoms. The van der Waals surface area contributed by atoms with Gasteiger partial charge >= 0.3 is 0 Å². The average Bonchev–Trinajstić information content (AvgIpc) is 2.22. The second-order valence-corrected chi connectivity index (χ2v) is 4.66. The molecule has 1 fully saturated rings. The monoisotopic (exact) mass is 223 g/mol. The van der Waals surface area contributed by atoms with Gasteiger partial charge in [0.2, 0.25) is 5.91 Å². The molecule has 4 heteroatoms. The Morgan fingerprint density at radius 1 is 1.75 bits per heavy atom. The van der Waals surface area contributed by atoms with E-state index in [-0.39, 0.29) is 11.9 Å². The normalized spacial score (nSPS) is 28.1. The molecule has 16 heavy (non-hydrogen) atoms. The van der Waals surface area contributed by atoms with Crippen LogP contribution in [0.1, 0.15) is 19.8 Å². The van der Waals surface area contributed by atoms with Gasteiger partial charge in [0, 0.05) is 19.0 Å². The van der Waals surface area contributed by atoms with Crippen LogP contribution in [0.15, 0.2) is 0 Å². The molecule has 1 heterocycles. The van der Waals surface area contributed by atoms with E-state index in [9.17, 15) is 4.79 Å². The molecule has 1 aliphatic heterocycles. The Bertz CT molecular complexity index is 284. The number of hydrogen-bond donors (Lipinski definition) is 2. The van der Waals surface area contributed by atoms with E-state index in [0.29, 0.717) is 12.3 Å². The highest BCUT2D eigenvalue weighted by Crippen LogP contribution is 2.15. The lowest BCUT2D eigenvalue weighted by Gasteiger charge is -2.35. The highest BCUT2D eigenvalue weighted by Gasteiger charge is 2.26. The fourth-order valence-electron chi connectivity index (χ4n) is 2.08. The first-order chi connectivity index (χ1) is 7.54. The van der Waals surface area contributed by atoms with Gasteiger partial charge in [-0.1, -0.05) is 6.92 Å². The second-order valence-electron chi connectivity index (χ2n) is 4.66. The maximum absolute atomic E-state index is 11.7. The van der Waals surface area contributed by atoms with E-state index >= 15 is 0 Å². The first-order valence-corrected chi connectivity index (χ1v) is 5.72. The van der Waals surface area contributed by atoms with E-state index in [1.807, 2.05) is 0 Å². The molecule has 0 spiro atoms. The van der Waals surface area contributed by atoms with Crippen LogP contribution in [0.4, 0.5) is 0 Å². The van der Waals surface area contributed by atoms with E-state index in [0.717, 1.165) is 19.5 Å². The highest BCUT2D eigenvalue weighted by atomic mass is 16.2. The summed E-state index contributed by atoms with van der Waals surface area (Å²) in [4.78, 5) is 14.0. The molecule has 4 nitrogen and oxygen atoms in total. The van der Waals surface area contributed by atoms with E-state index in [4.69, 9.17) is 12.2 Å². The fourth-order valence-corrected chi connectivity index (χ4v) is 2.08. The Kier molecular flexibility index (Phi) is 4.78. The molecule has 0 radical (unpaired) electrons. The van der Waals surface area contributed by atoms with Gasteiger partial charge in [-0.15, -0.1) is 12.3 Å². The number of nitrogens with zero attached hydrogens (tertiary/aromatic N) is 1. The van der Waals surface area contributed by atoms with Gasteiger partial charge in [-0.05, 0) is 25.9 Å². The summed E-state index contributed by atoms with van der Waals surface area (Å²) in [7, 11) is 2.10. The molecule has 1 aliphatic rings. The SMILES string of the molecule is C#CCC(N)C(=O)NC1CCN(C)CC1C. The summed E-state index contributed by atoms with van der Waals surface area (Å²) < 4.78 is 0.